The summed E-state index contributed by atoms with van der Waals surface area (Å²) in [7, 11) is 0. The molecule has 0 unspecified atom stereocenters. The number of hydrogen-bond acceptors (Lipinski definition) is 5. The Morgan fingerprint density at radius 2 is 2.14 bits per heavy atom. The standard InChI is InChI=1S/C15H20ClN3O2/c1-10(2)7-17-8-12-5-4-6-13(16)15(12)20-9-14-19-18-11(3)21-14/h4-6,10,17H,7-9H2,1-3H3. The molecule has 0 saturated carbocycles. The van der Waals surface area contributed by atoms with E-state index in [0.717, 1.165) is 12.1 Å². The Bertz CT molecular complexity index is 584. The Labute approximate surface area is 129 Å². The average Bonchev–Trinajstić information content (AvgIpc) is 2.83. The highest BCUT2D eigenvalue weighted by Gasteiger charge is 2.11. The molecule has 1 aromatic heterocycles. The molecule has 0 aliphatic carbocycles. The van der Waals surface area contributed by atoms with Crippen LogP contribution in [0.15, 0.2) is 22.6 Å². The van der Waals surface area contributed by atoms with Crippen molar-refractivity contribution in [1.82, 2.24) is 15.5 Å². The highest BCUT2D eigenvalue weighted by molar-refractivity contribution is 6.32. The summed E-state index contributed by atoms with van der Waals surface area (Å²) in [4.78, 5) is 0. The second-order valence-electron chi connectivity index (χ2n) is 5.26. The molecule has 1 N–H and O–H groups in total. The summed E-state index contributed by atoms with van der Waals surface area (Å²) in [5, 5.41) is 11.6. The van der Waals surface area contributed by atoms with Crippen LogP contribution in [0.4, 0.5) is 0 Å². The summed E-state index contributed by atoms with van der Waals surface area (Å²) in [6, 6.07) is 5.72. The van der Waals surface area contributed by atoms with Crippen molar-refractivity contribution >= 4 is 11.6 Å². The highest BCUT2D eigenvalue weighted by atomic mass is 35.5. The smallest absolute Gasteiger partial charge is 0.253 e. The van der Waals surface area contributed by atoms with Crippen LogP contribution >= 0.6 is 11.6 Å². The fourth-order valence-electron chi connectivity index (χ4n) is 1.88. The van der Waals surface area contributed by atoms with Gasteiger partial charge in [-0.05, 0) is 18.5 Å². The van der Waals surface area contributed by atoms with E-state index in [-0.39, 0.29) is 6.61 Å². The van der Waals surface area contributed by atoms with Crippen molar-refractivity contribution in [3.05, 3.63) is 40.6 Å². The Morgan fingerprint density at radius 1 is 1.33 bits per heavy atom. The van der Waals surface area contributed by atoms with Crippen LogP contribution in [0.25, 0.3) is 0 Å². The molecule has 0 radical (unpaired) electrons. The Morgan fingerprint density at radius 3 is 2.81 bits per heavy atom. The van der Waals surface area contributed by atoms with Crippen LogP contribution in [-0.4, -0.2) is 16.7 Å². The molecular formula is C15H20ClN3O2. The summed E-state index contributed by atoms with van der Waals surface area (Å²) in [6.45, 7) is 7.93. The number of nitrogens with zero attached hydrogens (tertiary/aromatic N) is 2. The molecule has 0 fully saturated rings. The van der Waals surface area contributed by atoms with Gasteiger partial charge in [0.25, 0.3) is 5.89 Å². The number of benzene rings is 1. The average molecular weight is 310 g/mol. The summed E-state index contributed by atoms with van der Waals surface area (Å²) in [6.07, 6.45) is 0. The van der Waals surface area contributed by atoms with Crippen LogP contribution in [-0.2, 0) is 13.2 Å². The third-order valence-corrected chi connectivity index (χ3v) is 3.12. The molecule has 0 aliphatic heterocycles. The molecule has 0 bridgehead atoms. The first-order chi connectivity index (χ1) is 10.1. The predicted octanol–water partition coefficient (Wildman–Crippen LogP) is 3.36. The van der Waals surface area contributed by atoms with Gasteiger partial charge in [-0.15, -0.1) is 10.2 Å². The van der Waals surface area contributed by atoms with E-state index in [4.69, 9.17) is 20.8 Å². The van der Waals surface area contributed by atoms with E-state index < -0.39 is 0 Å². The normalized spacial score (nSPS) is 11.1. The zero-order valence-corrected chi connectivity index (χ0v) is 13.3. The third kappa shape index (κ3) is 4.72. The fourth-order valence-corrected chi connectivity index (χ4v) is 2.13. The molecule has 0 aliphatic rings. The lowest BCUT2D eigenvalue weighted by molar-refractivity contribution is 0.257. The summed E-state index contributed by atoms with van der Waals surface area (Å²) >= 11 is 6.22. The number of aromatic nitrogens is 2. The Balaban J connectivity index is 2.02. The van der Waals surface area contributed by atoms with Crippen LogP contribution in [0.2, 0.25) is 5.02 Å². The lowest BCUT2D eigenvalue weighted by atomic mass is 10.2. The minimum Gasteiger partial charge on any atom is -0.482 e. The zero-order valence-electron chi connectivity index (χ0n) is 12.5. The van der Waals surface area contributed by atoms with Gasteiger partial charge in [-0.25, -0.2) is 0 Å². The number of rotatable bonds is 7. The molecule has 114 valence electrons. The van der Waals surface area contributed by atoms with E-state index in [2.05, 4.69) is 29.4 Å². The molecule has 5 nitrogen and oxygen atoms in total. The molecule has 2 rings (SSSR count). The quantitative estimate of drug-likeness (QED) is 0.850. The number of hydrogen-bond donors (Lipinski definition) is 1. The summed E-state index contributed by atoms with van der Waals surface area (Å²) in [5.41, 5.74) is 1.01. The monoisotopic (exact) mass is 309 g/mol. The van der Waals surface area contributed by atoms with Crippen molar-refractivity contribution in [2.45, 2.75) is 33.9 Å². The van der Waals surface area contributed by atoms with Crippen molar-refractivity contribution < 1.29 is 9.15 Å². The zero-order chi connectivity index (χ0) is 15.2. The van der Waals surface area contributed by atoms with E-state index in [1.54, 1.807) is 6.92 Å². The molecule has 2 aromatic rings. The topological polar surface area (TPSA) is 60.2 Å². The van der Waals surface area contributed by atoms with E-state index in [1.807, 2.05) is 18.2 Å². The van der Waals surface area contributed by atoms with Gasteiger partial charge >= 0.3 is 0 Å². The highest BCUT2D eigenvalue weighted by Crippen LogP contribution is 2.29. The largest absolute Gasteiger partial charge is 0.482 e. The van der Waals surface area contributed by atoms with Crippen LogP contribution in [0.3, 0.4) is 0 Å². The van der Waals surface area contributed by atoms with E-state index in [9.17, 15) is 0 Å². The Hall–Kier alpha value is -1.59. The first-order valence-corrected chi connectivity index (χ1v) is 7.34. The van der Waals surface area contributed by atoms with Crippen LogP contribution in [0, 0.1) is 12.8 Å². The second-order valence-corrected chi connectivity index (χ2v) is 5.66. The van der Waals surface area contributed by atoms with Gasteiger partial charge in [0, 0.05) is 19.0 Å². The van der Waals surface area contributed by atoms with Crippen molar-refractivity contribution in [2.24, 2.45) is 5.92 Å². The molecule has 1 heterocycles. The molecular weight excluding hydrogens is 290 g/mol. The van der Waals surface area contributed by atoms with Gasteiger partial charge in [0.1, 0.15) is 5.75 Å². The molecule has 1 aromatic carbocycles. The predicted molar refractivity (Wildman–Crippen MR) is 81.4 cm³/mol. The van der Waals surface area contributed by atoms with Crippen molar-refractivity contribution in [3.63, 3.8) is 0 Å². The maximum absolute atomic E-state index is 6.22. The SMILES string of the molecule is Cc1nnc(COc2c(Cl)cccc2CNCC(C)C)o1. The third-order valence-electron chi connectivity index (χ3n) is 2.82. The van der Waals surface area contributed by atoms with Gasteiger partial charge < -0.3 is 14.5 Å². The van der Waals surface area contributed by atoms with E-state index in [1.165, 1.54) is 0 Å². The van der Waals surface area contributed by atoms with Crippen LogP contribution in [0.5, 0.6) is 5.75 Å². The van der Waals surface area contributed by atoms with E-state index in [0.29, 0.717) is 35.0 Å². The lowest BCUT2D eigenvalue weighted by Crippen LogP contribution is -2.19. The van der Waals surface area contributed by atoms with Crippen LogP contribution in [0.1, 0.15) is 31.2 Å². The van der Waals surface area contributed by atoms with Crippen molar-refractivity contribution in [3.8, 4) is 5.75 Å². The van der Waals surface area contributed by atoms with Crippen LogP contribution < -0.4 is 10.1 Å². The first-order valence-electron chi connectivity index (χ1n) is 6.96. The van der Waals surface area contributed by atoms with Gasteiger partial charge in [0.15, 0.2) is 6.61 Å². The van der Waals surface area contributed by atoms with Gasteiger partial charge in [0.05, 0.1) is 5.02 Å². The number of para-hydroxylation sites is 1. The lowest BCUT2D eigenvalue weighted by Gasteiger charge is -2.13. The number of ether oxygens (including phenoxy) is 1. The fraction of sp³-hybridized carbons (Fsp3) is 0.467. The number of halogens is 1. The van der Waals surface area contributed by atoms with E-state index >= 15 is 0 Å². The van der Waals surface area contributed by atoms with Gasteiger partial charge in [-0.1, -0.05) is 37.6 Å². The molecule has 0 amide bonds. The minimum atomic E-state index is 0.210. The Kier molecular flexibility index (Phi) is 5.59. The van der Waals surface area contributed by atoms with Gasteiger partial charge in [0.2, 0.25) is 5.89 Å². The molecule has 6 heteroatoms. The maximum Gasteiger partial charge on any atom is 0.253 e. The number of nitrogens with one attached hydrogen (secondary N) is 1. The summed E-state index contributed by atoms with van der Waals surface area (Å²) in [5.74, 6) is 2.21. The van der Waals surface area contributed by atoms with Crippen molar-refractivity contribution in [2.75, 3.05) is 6.54 Å². The summed E-state index contributed by atoms with van der Waals surface area (Å²) < 4.78 is 11.0. The molecule has 0 atom stereocenters. The molecule has 21 heavy (non-hydrogen) atoms. The number of aryl methyl sites for hydroxylation is 1. The maximum atomic E-state index is 6.22. The molecule has 0 spiro atoms. The van der Waals surface area contributed by atoms with Gasteiger partial charge in [-0.2, -0.15) is 0 Å². The van der Waals surface area contributed by atoms with Gasteiger partial charge in [-0.3, -0.25) is 0 Å². The van der Waals surface area contributed by atoms with Crippen molar-refractivity contribution in [1.29, 1.82) is 0 Å². The minimum absolute atomic E-state index is 0.210. The molecule has 0 saturated heterocycles. The first kappa shape index (κ1) is 15.8. The second kappa shape index (κ2) is 7.43.